The zero-order valence-corrected chi connectivity index (χ0v) is 19.0. The van der Waals surface area contributed by atoms with Crippen LogP contribution in [0.2, 0.25) is 5.02 Å². The number of imidazole rings is 1. The lowest BCUT2D eigenvalue weighted by molar-refractivity contribution is -0.130. The van der Waals surface area contributed by atoms with Crippen molar-refractivity contribution in [3.63, 3.8) is 0 Å². The molecule has 0 aliphatic carbocycles. The topological polar surface area (TPSA) is 86.3 Å². The number of hydrogen-bond donors (Lipinski definition) is 0. The van der Waals surface area contributed by atoms with Gasteiger partial charge in [-0.3, -0.25) is 4.79 Å². The number of fused-ring (bicyclic) bond motifs is 1. The number of carbonyl (C=O) groups excluding carboxylic acids is 1. The van der Waals surface area contributed by atoms with Crippen molar-refractivity contribution >= 4 is 28.5 Å². The maximum atomic E-state index is 12.4. The number of ether oxygens (including phenoxy) is 1. The molecule has 2 aromatic carbocycles. The molecule has 5 rings (SSSR count). The summed E-state index contributed by atoms with van der Waals surface area (Å²) in [7, 11) is 0. The largest absolute Gasteiger partial charge is 0.481 e. The van der Waals surface area contributed by atoms with E-state index in [2.05, 4.69) is 15.1 Å². The lowest BCUT2D eigenvalue weighted by Gasteiger charge is -2.15. The first-order valence-corrected chi connectivity index (χ1v) is 11.4. The molecule has 1 atom stereocenters. The molecule has 0 spiro atoms. The van der Waals surface area contributed by atoms with Crippen LogP contribution in [0.25, 0.3) is 22.4 Å². The van der Waals surface area contributed by atoms with Gasteiger partial charge in [-0.2, -0.15) is 4.98 Å². The Morgan fingerprint density at radius 1 is 1.21 bits per heavy atom. The van der Waals surface area contributed by atoms with Crippen LogP contribution in [0.5, 0.6) is 5.75 Å². The minimum absolute atomic E-state index is 0.208. The van der Waals surface area contributed by atoms with Crippen LogP contribution in [-0.4, -0.2) is 43.6 Å². The molecule has 2 aromatic heterocycles. The van der Waals surface area contributed by atoms with E-state index in [1.54, 1.807) is 18.5 Å². The Kier molecular flexibility index (Phi) is 6.00. The maximum absolute atomic E-state index is 12.4. The molecule has 1 amide bonds. The van der Waals surface area contributed by atoms with Gasteiger partial charge in [0.15, 0.2) is 6.10 Å². The molecule has 1 saturated heterocycles. The predicted molar refractivity (Wildman–Crippen MR) is 124 cm³/mol. The van der Waals surface area contributed by atoms with E-state index in [0.717, 1.165) is 42.5 Å². The standard InChI is InChI=1S/C24H24ClN5O3/c1-16(32-19-6-4-5-18(25)14-19)24-27-23(28-33-24)17-7-8-21-20(13-17)26-15-30(21)12-9-22(31)29-10-2-3-11-29/h4-8,13-16H,2-3,9-12H2,1H3. The summed E-state index contributed by atoms with van der Waals surface area (Å²) in [5.41, 5.74) is 2.58. The summed E-state index contributed by atoms with van der Waals surface area (Å²) >= 11 is 6.01. The first-order chi connectivity index (χ1) is 16.1. The van der Waals surface area contributed by atoms with Crippen LogP contribution in [0.15, 0.2) is 53.3 Å². The lowest BCUT2D eigenvalue weighted by Crippen LogP contribution is -2.28. The van der Waals surface area contributed by atoms with Gasteiger partial charge in [0.2, 0.25) is 11.7 Å². The van der Waals surface area contributed by atoms with Gasteiger partial charge in [0.25, 0.3) is 5.89 Å². The van der Waals surface area contributed by atoms with Gasteiger partial charge >= 0.3 is 0 Å². The van der Waals surface area contributed by atoms with Gasteiger partial charge in [-0.1, -0.05) is 22.8 Å². The number of benzene rings is 2. The number of likely N-dealkylation sites (tertiary alicyclic amines) is 1. The molecule has 8 nitrogen and oxygen atoms in total. The fourth-order valence-electron chi connectivity index (χ4n) is 4.03. The number of amides is 1. The highest BCUT2D eigenvalue weighted by Crippen LogP contribution is 2.26. The molecule has 9 heteroatoms. The molecule has 0 radical (unpaired) electrons. The van der Waals surface area contributed by atoms with Gasteiger partial charge < -0.3 is 18.7 Å². The highest BCUT2D eigenvalue weighted by molar-refractivity contribution is 6.30. The van der Waals surface area contributed by atoms with Crippen LogP contribution in [0.4, 0.5) is 0 Å². The maximum Gasteiger partial charge on any atom is 0.267 e. The van der Waals surface area contributed by atoms with E-state index in [-0.39, 0.29) is 5.91 Å². The molecule has 4 aromatic rings. The third-order valence-corrected chi connectivity index (χ3v) is 6.04. The molecule has 33 heavy (non-hydrogen) atoms. The second-order valence-corrected chi connectivity index (χ2v) is 8.59. The van der Waals surface area contributed by atoms with E-state index in [0.29, 0.717) is 35.5 Å². The Labute approximate surface area is 196 Å². The zero-order chi connectivity index (χ0) is 22.8. The summed E-state index contributed by atoms with van der Waals surface area (Å²) in [5.74, 6) is 1.67. The van der Waals surface area contributed by atoms with Gasteiger partial charge in [-0.15, -0.1) is 0 Å². The number of aromatic nitrogens is 4. The van der Waals surface area contributed by atoms with Crippen LogP contribution in [0.3, 0.4) is 0 Å². The van der Waals surface area contributed by atoms with Gasteiger partial charge in [0.1, 0.15) is 5.75 Å². The zero-order valence-electron chi connectivity index (χ0n) is 18.3. The van der Waals surface area contributed by atoms with E-state index >= 15 is 0 Å². The molecule has 3 heterocycles. The molecule has 0 bridgehead atoms. The Morgan fingerprint density at radius 2 is 2.06 bits per heavy atom. The fourth-order valence-corrected chi connectivity index (χ4v) is 4.21. The quantitative estimate of drug-likeness (QED) is 0.386. The second-order valence-electron chi connectivity index (χ2n) is 8.15. The minimum atomic E-state index is -0.430. The highest BCUT2D eigenvalue weighted by Gasteiger charge is 2.19. The van der Waals surface area contributed by atoms with Crippen molar-refractivity contribution in [1.29, 1.82) is 0 Å². The predicted octanol–water partition coefficient (Wildman–Crippen LogP) is 4.89. The highest BCUT2D eigenvalue weighted by atomic mass is 35.5. The van der Waals surface area contributed by atoms with Gasteiger partial charge in [-0.05, 0) is 56.2 Å². The molecule has 0 N–H and O–H groups in total. The van der Waals surface area contributed by atoms with Crippen LogP contribution in [-0.2, 0) is 11.3 Å². The summed E-state index contributed by atoms with van der Waals surface area (Å²) in [6.45, 7) is 4.20. The van der Waals surface area contributed by atoms with E-state index < -0.39 is 6.10 Å². The Balaban J connectivity index is 1.27. The third kappa shape index (κ3) is 4.71. The van der Waals surface area contributed by atoms with Crippen LogP contribution < -0.4 is 4.74 Å². The molecule has 1 unspecified atom stereocenters. The third-order valence-electron chi connectivity index (χ3n) is 5.80. The molecular weight excluding hydrogens is 442 g/mol. The Hall–Kier alpha value is -3.39. The number of nitrogens with zero attached hydrogens (tertiary/aromatic N) is 5. The number of rotatable bonds is 7. The molecular formula is C24H24ClN5O3. The van der Waals surface area contributed by atoms with Crippen molar-refractivity contribution in [2.75, 3.05) is 13.1 Å². The van der Waals surface area contributed by atoms with Gasteiger partial charge in [0, 0.05) is 36.6 Å². The summed E-state index contributed by atoms with van der Waals surface area (Å²) < 4.78 is 13.3. The minimum Gasteiger partial charge on any atom is -0.481 e. The van der Waals surface area contributed by atoms with Crippen molar-refractivity contribution in [1.82, 2.24) is 24.6 Å². The average molecular weight is 466 g/mol. The number of hydrogen-bond acceptors (Lipinski definition) is 6. The summed E-state index contributed by atoms with van der Waals surface area (Å²) in [6.07, 6.45) is 4.03. The lowest BCUT2D eigenvalue weighted by atomic mass is 10.2. The number of aryl methyl sites for hydroxylation is 1. The van der Waals surface area contributed by atoms with E-state index in [1.165, 1.54) is 0 Å². The van der Waals surface area contributed by atoms with Crippen molar-refractivity contribution in [2.24, 2.45) is 0 Å². The van der Waals surface area contributed by atoms with Crippen molar-refractivity contribution < 1.29 is 14.1 Å². The first kappa shape index (κ1) is 21.5. The normalized spacial score (nSPS) is 14.7. The summed E-state index contributed by atoms with van der Waals surface area (Å²) in [6, 6.07) is 13.0. The van der Waals surface area contributed by atoms with Crippen LogP contribution in [0.1, 0.15) is 38.2 Å². The SMILES string of the molecule is CC(Oc1cccc(Cl)c1)c1nc(-c2ccc3c(c2)ncn3CCC(=O)N2CCCC2)no1. The molecule has 1 aliphatic rings. The van der Waals surface area contributed by atoms with E-state index in [1.807, 2.05) is 46.7 Å². The molecule has 170 valence electrons. The van der Waals surface area contributed by atoms with Crippen molar-refractivity contribution in [2.45, 2.75) is 38.8 Å². The van der Waals surface area contributed by atoms with Gasteiger partial charge in [0.05, 0.1) is 17.4 Å². The summed E-state index contributed by atoms with van der Waals surface area (Å²) in [4.78, 5) is 23.3. The van der Waals surface area contributed by atoms with Crippen molar-refractivity contribution in [3.8, 4) is 17.1 Å². The Bertz CT molecular complexity index is 1280. The number of halogens is 1. The smallest absolute Gasteiger partial charge is 0.267 e. The van der Waals surface area contributed by atoms with Crippen LogP contribution >= 0.6 is 11.6 Å². The van der Waals surface area contributed by atoms with Crippen molar-refractivity contribution in [3.05, 3.63) is 59.7 Å². The van der Waals surface area contributed by atoms with Gasteiger partial charge in [-0.25, -0.2) is 4.98 Å². The average Bonchev–Trinajstić information content (AvgIpc) is 3.58. The summed E-state index contributed by atoms with van der Waals surface area (Å²) in [5, 5.41) is 4.70. The monoisotopic (exact) mass is 465 g/mol. The molecule has 1 aliphatic heterocycles. The number of carbonyl (C=O) groups is 1. The fraction of sp³-hybridized carbons (Fsp3) is 0.333. The van der Waals surface area contributed by atoms with Crippen LogP contribution in [0, 0.1) is 0 Å². The first-order valence-electron chi connectivity index (χ1n) is 11.1. The molecule has 1 fully saturated rings. The Morgan fingerprint density at radius 3 is 2.88 bits per heavy atom. The second kappa shape index (κ2) is 9.23. The van der Waals surface area contributed by atoms with E-state index in [9.17, 15) is 4.79 Å². The molecule has 0 saturated carbocycles. The van der Waals surface area contributed by atoms with E-state index in [4.69, 9.17) is 20.9 Å².